The largest absolute Gasteiger partial charge is 0.416 e. The maximum atomic E-state index is 12.4. The predicted molar refractivity (Wildman–Crippen MR) is 62.9 cm³/mol. The summed E-state index contributed by atoms with van der Waals surface area (Å²) in [5.41, 5.74) is 0.217. The van der Waals surface area contributed by atoms with Crippen LogP contribution in [0.4, 0.5) is 13.2 Å². The number of alkyl halides is 3. The van der Waals surface area contributed by atoms with E-state index in [-0.39, 0.29) is 0 Å². The molecule has 1 nitrogen and oxygen atoms in total. The van der Waals surface area contributed by atoms with E-state index in [2.05, 4.69) is 5.32 Å². The summed E-state index contributed by atoms with van der Waals surface area (Å²) in [6, 6.07) is 5.60. The number of unbranched alkanes of at least 4 members (excludes halogenated alkanes) is 2. The monoisotopic (exact) mass is 245 g/mol. The van der Waals surface area contributed by atoms with Crippen molar-refractivity contribution in [2.45, 2.75) is 31.9 Å². The normalized spacial score (nSPS) is 11.8. The zero-order chi connectivity index (χ0) is 12.7. The Morgan fingerprint density at radius 1 is 1.12 bits per heavy atom. The molecule has 0 amide bonds. The molecule has 0 spiro atoms. The molecule has 0 aliphatic heterocycles. The topological polar surface area (TPSA) is 12.0 Å². The molecule has 0 unspecified atom stereocenters. The summed E-state index contributed by atoms with van der Waals surface area (Å²) < 4.78 is 37.3. The fourth-order valence-electron chi connectivity index (χ4n) is 1.71. The quantitative estimate of drug-likeness (QED) is 0.754. The van der Waals surface area contributed by atoms with Crippen LogP contribution in [0.2, 0.25) is 0 Å². The first-order valence-electron chi connectivity index (χ1n) is 5.85. The molecule has 0 fully saturated rings. The van der Waals surface area contributed by atoms with Crippen molar-refractivity contribution >= 4 is 0 Å². The molecule has 0 bridgehead atoms. The Balaban J connectivity index is 2.44. The Morgan fingerprint density at radius 3 is 2.53 bits per heavy atom. The molecule has 1 rings (SSSR count). The lowest BCUT2D eigenvalue weighted by Crippen LogP contribution is -2.07. The zero-order valence-electron chi connectivity index (χ0n) is 9.98. The van der Waals surface area contributed by atoms with Gasteiger partial charge in [-0.3, -0.25) is 0 Å². The van der Waals surface area contributed by atoms with Crippen molar-refractivity contribution in [2.75, 3.05) is 13.6 Å². The summed E-state index contributed by atoms with van der Waals surface area (Å²) in [4.78, 5) is 0. The average molecular weight is 245 g/mol. The molecule has 4 heteroatoms. The molecule has 1 N–H and O–H groups in total. The van der Waals surface area contributed by atoms with E-state index in [1.165, 1.54) is 12.1 Å². The number of halogens is 3. The first-order chi connectivity index (χ1) is 8.04. The molecule has 1 aromatic carbocycles. The molecule has 0 saturated carbocycles. The second-order valence-electron chi connectivity index (χ2n) is 4.11. The van der Waals surface area contributed by atoms with Crippen molar-refractivity contribution in [1.29, 1.82) is 0 Å². The number of hydrogen-bond donors (Lipinski definition) is 1. The second kappa shape index (κ2) is 6.64. The van der Waals surface area contributed by atoms with Crippen LogP contribution in [0.3, 0.4) is 0 Å². The van der Waals surface area contributed by atoms with Gasteiger partial charge in [0.15, 0.2) is 0 Å². The highest BCUT2D eigenvalue weighted by Gasteiger charge is 2.30. The van der Waals surface area contributed by atoms with Crippen molar-refractivity contribution in [3.63, 3.8) is 0 Å². The van der Waals surface area contributed by atoms with Crippen molar-refractivity contribution in [1.82, 2.24) is 5.32 Å². The molecule has 96 valence electrons. The lowest BCUT2D eigenvalue weighted by molar-refractivity contribution is -0.137. The van der Waals surface area contributed by atoms with Gasteiger partial charge in [0.05, 0.1) is 5.56 Å². The minimum absolute atomic E-state index is 0.551. The third kappa shape index (κ3) is 5.22. The number of hydrogen-bond acceptors (Lipinski definition) is 1. The molecule has 0 heterocycles. The molecule has 0 aliphatic rings. The van der Waals surface area contributed by atoms with Gasteiger partial charge in [-0.05, 0) is 44.5 Å². The number of aryl methyl sites for hydroxylation is 1. The summed E-state index contributed by atoms with van der Waals surface area (Å²) in [6.45, 7) is 0.961. The number of benzene rings is 1. The Kier molecular flexibility index (Phi) is 5.48. The van der Waals surface area contributed by atoms with Crippen LogP contribution in [-0.4, -0.2) is 13.6 Å². The predicted octanol–water partition coefficient (Wildman–Crippen LogP) is 3.64. The van der Waals surface area contributed by atoms with E-state index in [4.69, 9.17) is 0 Å². The van der Waals surface area contributed by atoms with Gasteiger partial charge >= 0.3 is 6.18 Å². The lowest BCUT2D eigenvalue weighted by Gasteiger charge is -2.08. The van der Waals surface area contributed by atoms with Gasteiger partial charge < -0.3 is 5.32 Å². The molecule has 1 aromatic rings. The van der Waals surface area contributed by atoms with Crippen molar-refractivity contribution in [3.8, 4) is 0 Å². The van der Waals surface area contributed by atoms with Gasteiger partial charge in [-0.1, -0.05) is 24.6 Å². The highest BCUT2D eigenvalue weighted by atomic mass is 19.4. The maximum absolute atomic E-state index is 12.4. The van der Waals surface area contributed by atoms with Crippen LogP contribution in [0.25, 0.3) is 0 Å². The lowest BCUT2D eigenvalue weighted by atomic mass is 10.0. The van der Waals surface area contributed by atoms with Gasteiger partial charge in [-0.25, -0.2) is 0 Å². The third-order valence-electron chi connectivity index (χ3n) is 2.65. The van der Waals surface area contributed by atoms with Crippen LogP contribution >= 0.6 is 0 Å². The van der Waals surface area contributed by atoms with Crippen molar-refractivity contribution < 1.29 is 13.2 Å². The van der Waals surface area contributed by atoms with Crippen molar-refractivity contribution in [2.24, 2.45) is 0 Å². The van der Waals surface area contributed by atoms with Gasteiger partial charge in [0.25, 0.3) is 0 Å². The fourth-order valence-corrected chi connectivity index (χ4v) is 1.71. The van der Waals surface area contributed by atoms with Crippen LogP contribution < -0.4 is 5.32 Å². The summed E-state index contributed by atoms with van der Waals surface area (Å²) in [5.74, 6) is 0. The number of rotatable bonds is 6. The van der Waals surface area contributed by atoms with Gasteiger partial charge in [0, 0.05) is 0 Å². The van der Waals surface area contributed by atoms with Crippen LogP contribution in [0.1, 0.15) is 30.4 Å². The van der Waals surface area contributed by atoms with E-state index >= 15 is 0 Å². The zero-order valence-corrected chi connectivity index (χ0v) is 9.98. The molecule has 17 heavy (non-hydrogen) atoms. The SMILES string of the molecule is CNCCCCCc1cccc(C(F)(F)F)c1. The first kappa shape index (κ1) is 14.0. The fraction of sp³-hybridized carbons (Fsp3) is 0.538. The Hall–Kier alpha value is -1.03. The molecular weight excluding hydrogens is 227 g/mol. The van der Waals surface area contributed by atoms with Crippen molar-refractivity contribution in [3.05, 3.63) is 35.4 Å². The molecule has 0 aromatic heterocycles. The Bertz CT molecular complexity index is 334. The summed E-state index contributed by atoms with van der Waals surface area (Å²) >= 11 is 0. The third-order valence-corrected chi connectivity index (χ3v) is 2.65. The number of nitrogens with one attached hydrogen (secondary N) is 1. The molecule has 0 saturated heterocycles. The van der Waals surface area contributed by atoms with Crippen LogP contribution in [-0.2, 0) is 12.6 Å². The Labute approximate surface area is 100 Å². The average Bonchev–Trinajstić information content (AvgIpc) is 2.28. The summed E-state index contributed by atoms with van der Waals surface area (Å²) in [5, 5.41) is 3.05. The van der Waals surface area contributed by atoms with Crippen LogP contribution in [0.5, 0.6) is 0 Å². The second-order valence-corrected chi connectivity index (χ2v) is 4.11. The minimum atomic E-state index is -4.23. The minimum Gasteiger partial charge on any atom is -0.320 e. The van der Waals surface area contributed by atoms with E-state index in [1.807, 2.05) is 7.05 Å². The summed E-state index contributed by atoms with van der Waals surface area (Å²) in [7, 11) is 1.90. The maximum Gasteiger partial charge on any atom is 0.416 e. The van der Waals surface area contributed by atoms with E-state index in [0.29, 0.717) is 6.42 Å². The highest BCUT2D eigenvalue weighted by Crippen LogP contribution is 2.29. The van der Waals surface area contributed by atoms with E-state index in [1.54, 1.807) is 6.07 Å². The van der Waals surface area contributed by atoms with Crippen LogP contribution in [0, 0.1) is 0 Å². The van der Waals surface area contributed by atoms with Gasteiger partial charge in [-0.2, -0.15) is 13.2 Å². The van der Waals surface area contributed by atoms with E-state index in [9.17, 15) is 13.2 Å². The van der Waals surface area contributed by atoms with Gasteiger partial charge in [-0.15, -0.1) is 0 Å². The smallest absolute Gasteiger partial charge is 0.320 e. The standard InChI is InChI=1S/C13H18F3N/c1-17-9-4-2-3-6-11-7-5-8-12(10-11)13(14,15)16/h5,7-8,10,17H,2-4,6,9H2,1H3. The van der Waals surface area contributed by atoms with Crippen LogP contribution in [0.15, 0.2) is 24.3 Å². The van der Waals surface area contributed by atoms with Gasteiger partial charge in [0.2, 0.25) is 0 Å². The summed E-state index contributed by atoms with van der Waals surface area (Å²) in [6.07, 6.45) is -0.481. The Morgan fingerprint density at radius 2 is 1.88 bits per heavy atom. The molecule has 0 atom stereocenters. The van der Waals surface area contributed by atoms with E-state index < -0.39 is 11.7 Å². The van der Waals surface area contributed by atoms with E-state index in [0.717, 1.165) is 37.4 Å². The molecular formula is C13H18F3N. The molecule has 0 radical (unpaired) electrons. The first-order valence-corrected chi connectivity index (χ1v) is 5.85. The van der Waals surface area contributed by atoms with Gasteiger partial charge in [0.1, 0.15) is 0 Å². The molecule has 0 aliphatic carbocycles. The highest BCUT2D eigenvalue weighted by molar-refractivity contribution is 5.25.